The number of benzene rings is 1. The Hall–Kier alpha value is -1.07. The Labute approximate surface area is 88.7 Å². The zero-order chi connectivity index (χ0) is 9.97. The van der Waals surface area contributed by atoms with Gasteiger partial charge in [-0.25, -0.2) is 0 Å². The van der Waals surface area contributed by atoms with E-state index in [9.17, 15) is 4.21 Å². The number of hydrogen-bond acceptors (Lipinski definition) is 3. The summed E-state index contributed by atoms with van der Waals surface area (Å²) in [6, 6.07) is 7.36. The number of oxime groups is 1. The summed E-state index contributed by atoms with van der Waals surface area (Å²) in [5, 5.41) is 4.30. The van der Waals surface area contributed by atoms with Crippen LogP contribution >= 0.6 is 11.6 Å². The van der Waals surface area contributed by atoms with Crippen molar-refractivity contribution in [3.8, 4) is 0 Å². The maximum atomic E-state index is 10.7. The molecule has 4 nitrogen and oxygen atoms in total. The zero-order valence-electron chi connectivity index (χ0n) is 7.07. The molecule has 2 rings (SSSR count). The Kier molecular flexibility index (Phi) is 2.69. The van der Waals surface area contributed by atoms with E-state index in [0.29, 0.717) is 17.3 Å². The van der Waals surface area contributed by atoms with Crippen molar-refractivity contribution in [2.75, 3.05) is 0 Å². The molecule has 0 amide bonds. The van der Waals surface area contributed by atoms with E-state index in [1.165, 1.54) is 0 Å². The van der Waals surface area contributed by atoms with E-state index in [0.717, 1.165) is 5.56 Å². The molecule has 0 spiro atoms. The fourth-order valence-corrected chi connectivity index (χ4v) is 1.70. The van der Waals surface area contributed by atoms with E-state index < -0.39 is 11.3 Å². The second-order valence-electron chi connectivity index (χ2n) is 2.75. The summed E-state index contributed by atoms with van der Waals surface area (Å²) >= 11 is 4.22. The maximum Gasteiger partial charge on any atom is 0.338 e. The van der Waals surface area contributed by atoms with E-state index in [1.807, 2.05) is 12.1 Å². The van der Waals surface area contributed by atoms with Crippen LogP contribution in [0, 0.1) is 0 Å². The van der Waals surface area contributed by atoms with Crippen molar-refractivity contribution in [1.29, 1.82) is 0 Å². The van der Waals surface area contributed by atoms with Crippen LogP contribution in [0.1, 0.15) is 5.56 Å². The molecule has 0 saturated heterocycles. The molecule has 1 heterocycles. The number of rotatable bonds is 2. The van der Waals surface area contributed by atoms with Crippen LogP contribution < -0.4 is 4.72 Å². The Balaban J connectivity index is 2.04. The fourth-order valence-electron chi connectivity index (χ4n) is 1.08. The van der Waals surface area contributed by atoms with Crippen molar-refractivity contribution in [1.82, 2.24) is 4.72 Å². The molecule has 0 fully saturated rings. The van der Waals surface area contributed by atoms with Crippen molar-refractivity contribution >= 4 is 28.7 Å². The van der Waals surface area contributed by atoms with Gasteiger partial charge in [0.15, 0.2) is 5.84 Å². The van der Waals surface area contributed by atoms with Crippen molar-refractivity contribution in [2.45, 2.75) is 6.42 Å². The van der Waals surface area contributed by atoms with Gasteiger partial charge in [0.25, 0.3) is 0 Å². The lowest BCUT2D eigenvalue weighted by Crippen LogP contribution is -2.21. The van der Waals surface area contributed by atoms with Crippen LogP contribution in [-0.2, 0) is 22.0 Å². The minimum atomic E-state index is -1.51. The number of hydrogen-bond donors (Lipinski definition) is 1. The first-order chi connectivity index (χ1) is 6.74. The Morgan fingerprint density at radius 3 is 2.71 bits per heavy atom. The summed E-state index contributed by atoms with van der Waals surface area (Å²) in [6.07, 6.45) is 0.558. The smallest absolute Gasteiger partial charge is 0.269 e. The third-order valence-corrected chi connectivity index (χ3v) is 2.57. The first-order valence-corrected chi connectivity index (χ1v) is 5.36. The predicted molar refractivity (Wildman–Crippen MR) is 55.0 cm³/mol. The molecule has 1 aliphatic rings. The van der Waals surface area contributed by atoms with Gasteiger partial charge in [-0.15, -0.1) is 0 Å². The van der Waals surface area contributed by atoms with E-state index in [2.05, 4.69) is 14.2 Å². The molecule has 14 heavy (non-hydrogen) atoms. The Morgan fingerprint density at radius 1 is 1.43 bits per heavy atom. The highest BCUT2D eigenvalue weighted by Gasteiger charge is 2.14. The molecule has 1 aromatic carbocycles. The van der Waals surface area contributed by atoms with E-state index in [1.54, 1.807) is 12.1 Å². The SMILES string of the molecule is O=S1NC(Cc2ccc(Cl)cc2)=NO1. The molecule has 1 aromatic rings. The zero-order valence-corrected chi connectivity index (χ0v) is 8.64. The second kappa shape index (κ2) is 3.98. The average molecular weight is 231 g/mol. The standard InChI is InChI=1S/C8H7ClN2O2S/c9-7-3-1-6(2-4-7)5-8-10-13-14(12)11-8/h1-4H,5H2,(H,10,11). The highest BCUT2D eigenvalue weighted by molar-refractivity contribution is 7.79. The number of amidine groups is 1. The lowest BCUT2D eigenvalue weighted by Gasteiger charge is -1.98. The summed E-state index contributed by atoms with van der Waals surface area (Å²) < 4.78 is 17.8. The molecule has 0 aromatic heterocycles. The minimum Gasteiger partial charge on any atom is -0.269 e. The van der Waals surface area contributed by atoms with Crippen molar-refractivity contribution in [2.24, 2.45) is 5.16 Å². The predicted octanol–water partition coefficient (Wildman–Crippen LogP) is 1.39. The summed E-state index contributed by atoms with van der Waals surface area (Å²) in [5.74, 6) is 0.561. The van der Waals surface area contributed by atoms with Crippen LogP contribution in [0.2, 0.25) is 5.02 Å². The van der Waals surface area contributed by atoms with E-state index in [-0.39, 0.29) is 0 Å². The lowest BCUT2D eigenvalue weighted by atomic mass is 10.1. The molecule has 0 radical (unpaired) electrons. The molecule has 0 saturated carbocycles. The molecular weight excluding hydrogens is 224 g/mol. The van der Waals surface area contributed by atoms with Crippen molar-refractivity contribution < 1.29 is 8.49 Å². The van der Waals surface area contributed by atoms with Crippen LogP contribution in [0.4, 0.5) is 0 Å². The Bertz CT molecular complexity index is 391. The third-order valence-electron chi connectivity index (χ3n) is 1.70. The summed E-state index contributed by atoms with van der Waals surface area (Å²) in [5.41, 5.74) is 1.03. The first-order valence-electron chi connectivity index (χ1n) is 3.91. The molecular formula is C8H7ClN2O2S. The highest BCUT2D eigenvalue weighted by atomic mass is 35.5. The molecule has 74 valence electrons. The lowest BCUT2D eigenvalue weighted by molar-refractivity contribution is 0.384. The molecule has 0 aliphatic carbocycles. The van der Waals surface area contributed by atoms with E-state index >= 15 is 0 Å². The highest BCUT2D eigenvalue weighted by Crippen LogP contribution is 2.11. The normalized spacial score (nSPS) is 19.8. The van der Waals surface area contributed by atoms with Gasteiger partial charge in [-0.05, 0) is 17.7 Å². The van der Waals surface area contributed by atoms with Gasteiger partial charge >= 0.3 is 11.3 Å². The van der Waals surface area contributed by atoms with Crippen LogP contribution in [0.5, 0.6) is 0 Å². The summed E-state index contributed by atoms with van der Waals surface area (Å²) in [4.78, 5) is 0. The minimum absolute atomic E-state index is 0.558. The van der Waals surface area contributed by atoms with Crippen LogP contribution in [0.3, 0.4) is 0 Å². The van der Waals surface area contributed by atoms with Gasteiger partial charge in [-0.1, -0.05) is 28.9 Å². The molecule has 1 unspecified atom stereocenters. The van der Waals surface area contributed by atoms with Crippen LogP contribution in [0.25, 0.3) is 0 Å². The van der Waals surface area contributed by atoms with Crippen molar-refractivity contribution in [3.05, 3.63) is 34.9 Å². The van der Waals surface area contributed by atoms with Gasteiger partial charge < -0.3 is 0 Å². The largest absolute Gasteiger partial charge is 0.338 e. The topological polar surface area (TPSA) is 50.7 Å². The van der Waals surface area contributed by atoms with Crippen LogP contribution in [-0.4, -0.2) is 10.0 Å². The molecule has 1 aliphatic heterocycles. The average Bonchev–Trinajstić information content (AvgIpc) is 2.56. The fraction of sp³-hybridized carbons (Fsp3) is 0.125. The molecule has 0 bridgehead atoms. The van der Waals surface area contributed by atoms with Gasteiger partial charge in [0.1, 0.15) is 0 Å². The van der Waals surface area contributed by atoms with Gasteiger partial charge in [0, 0.05) is 11.4 Å². The first kappa shape index (κ1) is 9.48. The quantitative estimate of drug-likeness (QED) is 0.835. The van der Waals surface area contributed by atoms with Gasteiger partial charge in [-0.2, -0.15) is 4.21 Å². The summed E-state index contributed by atoms with van der Waals surface area (Å²) in [7, 11) is 0. The second-order valence-corrected chi connectivity index (χ2v) is 4.01. The van der Waals surface area contributed by atoms with Crippen molar-refractivity contribution in [3.63, 3.8) is 0 Å². The Morgan fingerprint density at radius 2 is 2.14 bits per heavy atom. The summed E-state index contributed by atoms with van der Waals surface area (Å²) in [6.45, 7) is 0. The molecule has 1 atom stereocenters. The van der Waals surface area contributed by atoms with Gasteiger partial charge in [-0.3, -0.25) is 9.01 Å². The monoisotopic (exact) mass is 230 g/mol. The molecule has 6 heteroatoms. The number of halogens is 1. The number of nitrogens with zero attached hydrogens (tertiary/aromatic N) is 1. The van der Waals surface area contributed by atoms with Crippen LogP contribution in [0.15, 0.2) is 29.4 Å². The third kappa shape index (κ3) is 2.24. The van der Waals surface area contributed by atoms with Gasteiger partial charge in [0.05, 0.1) is 0 Å². The van der Waals surface area contributed by atoms with E-state index in [4.69, 9.17) is 11.6 Å². The maximum absolute atomic E-state index is 10.7. The number of nitrogens with one attached hydrogen (secondary N) is 1. The molecule has 1 N–H and O–H groups in total. The van der Waals surface area contributed by atoms with Gasteiger partial charge in [0.2, 0.25) is 0 Å².